The molecule has 0 bridgehead atoms. The van der Waals surface area contributed by atoms with Gasteiger partial charge in [0.2, 0.25) is 0 Å². The molecule has 4 heteroatoms. The maximum atomic E-state index is 5.50. The van der Waals surface area contributed by atoms with Crippen molar-refractivity contribution in [2.24, 2.45) is 12.8 Å². The van der Waals surface area contributed by atoms with Gasteiger partial charge in [0.1, 0.15) is 5.82 Å². The van der Waals surface area contributed by atoms with Crippen molar-refractivity contribution in [2.75, 3.05) is 6.54 Å². The fourth-order valence-corrected chi connectivity index (χ4v) is 2.05. The number of benzene rings is 1. The molecule has 0 unspecified atom stereocenters. The van der Waals surface area contributed by atoms with Crippen molar-refractivity contribution < 1.29 is 0 Å². The highest BCUT2D eigenvalue weighted by molar-refractivity contribution is 9.10. The summed E-state index contributed by atoms with van der Waals surface area (Å²) in [5.41, 5.74) is 7.71. The molecule has 0 saturated heterocycles. The molecule has 0 spiro atoms. The second-order valence-corrected chi connectivity index (χ2v) is 4.53. The van der Waals surface area contributed by atoms with Gasteiger partial charge in [-0.2, -0.15) is 0 Å². The van der Waals surface area contributed by atoms with E-state index in [2.05, 4.69) is 31.5 Å². The largest absolute Gasteiger partial charge is 0.331 e. The molecule has 0 aliphatic carbocycles. The number of halogens is 1. The van der Waals surface area contributed by atoms with Crippen molar-refractivity contribution in [3.05, 3.63) is 28.5 Å². The second-order valence-electron chi connectivity index (χ2n) is 3.61. The zero-order valence-corrected chi connectivity index (χ0v) is 10.3. The van der Waals surface area contributed by atoms with Crippen LogP contribution in [0.25, 0.3) is 11.0 Å². The number of nitrogens with zero attached hydrogens (tertiary/aromatic N) is 2. The summed E-state index contributed by atoms with van der Waals surface area (Å²) in [4.78, 5) is 4.58. The van der Waals surface area contributed by atoms with Crippen LogP contribution in [0, 0.1) is 0 Å². The Morgan fingerprint density at radius 1 is 1.47 bits per heavy atom. The van der Waals surface area contributed by atoms with Crippen LogP contribution in [0.15, 0.2) is 22.7 Å². The fourth-order valence-electron chi connectivity index (χ4n) is 1.70. The van der Waals surface area contributed by atoms with Crippen LogP contribution in [0.5, 0.6) is 0 Å². The minimum absolute atomic E-state index is 0.715. The van der Waals surface area contributed by atoms with Crippen LogP contribution in [-0.4, -0.2) is 16.1 Å². The number of rotatable bonds is 3. The Labute approximate surface area is 97.4 Å². The smallest absolute Gasteiger partial charge is 0.109 e. The van der Waals surface area contributed by atoms with E-state index in [1.165, 1.54) is 0 Å². The van der Waals surface area contributed by atoms with E-state index in [-0.39, 0.29) is 0 Å². The average molecular weight is 268 g/mol. The van der Waals surface area contributed by atoms with Gasteiger partial charge in [0.25, 0.3) is 0 Å². The minimum atomic E-state index is 0.715. The molecule has 1 aromatic heterocycles. The topological polar surface area (TPSA) is 43.8 Å². The number of imidazole rings is 1. The Morgan fingerprint density at radius 3 is 3.00 bits per heavy atom. The standard InChI is InChI=1S/C11H14BrN3/c1-15-10-7-8(12)4-5-9(10)14-11(15)3-2-6-13/h4-5,7H,2-3,6,13H2,1H3. The molecule has 80 valence electrons. The Bertz CT molecular complexity index is 476. The summed E-state index contributed by atoms with van der Waals surface area (Å²) in [7, 11) is 2.05. The quantitative estimate of drug-likeness (QED) is 0.927. The van der Waals surface area contributed by atoms with Crippen LogP contribution < -0.4 is 5.73 Å². The van der Waals surface area contributed by atoms with Crippen molar-refractivity contribution in [3.8, 4) is 0 Å². The van der Waals surface area contributed by atoms with Gasteiger partial charge >= 0.3 is 0 Å². The lowest BCUT2D eigenvalue weighted by atomic mass is 10.3. The van der Waals surface area contributed by atoms with Gasteiger partial charge in [0, 0.05) is 17.9 Å². The number of aryl methyl sites for hydroxylation is 2. The number of fused-ring (bicyclic) bond motifs is 1. The van der Waals surface area contributed by atoms with E-state index in [0.29, 0.717) is 6.54 Å². The average Bonchev–Trinajstić information content (AvgIpc) is 2.53. The molecule has 0 atom stereocenters. The first kappa shape index (κ1) is 10.6. The van der Waals surface area contributed by atoms with Crippen molar-refractivity contribution >= 4 is 27.0 Å². The highest BCUT2D eigenvalue weighted by atomic mass is 79.9. The zero-order chi connectivity index (χ0) is 10.8. The third-order valence-corrected chi connectivity index (χ3v) is 3.03. The number of nitrogens with two attached hydrogens (primary N) is 1. The monoisotopic (exact) mass is 267 g/mol. The van der Waals surface area contributed by atoms with Gasteiger partial charge in [0.15, 0.2) is 0 Å². The molecule has 0 amide bonds. The van der Waals surface area contributed by atoms with Gasteiger partial charge < -0.3 is 10.3 Å². The van der Waals surface area contributed by atoms with Crippen molar-refractivity contribution in [1.29, 1.82) is 0 Å². The van der Waals surface area contributed by atoms with Gasteiger partial charge in [-0.25, -0.2) is 4.98 Å². The number of hydrogen-bond donors (Lipinski definition) is 1. The Kier molecular flexibility index (Phi) is 3.07. The van der Waals surface area contributed by atoms with E-state index in [1.807, 2.05) is 19.2 Å². The summed E-state index contributed by atoms with van der Waals surface area (Å²) in [6.45, 7) is 0.715. The van der Waals surface area contributed by atoms with Crippen LogP contribution in [0.2, 0.25) is 0 Å². The van der Waals surface area contributed by atoms with Crippen molar-refractivity contribution in [1.82, 2.24) is 9.55 Å². The molecule has 1 aromatic carbocycles. The normalized spacial score (nSPS) is 11.1. The predicted octanol–water partition coefficient (Wildman–Crippen LogP) is 2.23. The van der Waals surface area contributed by atoms with Gasteiger partial charge in [-0.1, -0.05) is 15.9 Å². The van der Waals surface area contributed by atoms with Crippen molar-refractivity contribution in [3.63, 3.8) is 0 Å². The molecule has 1 heterocycles. The molecule has 0 aliphatic heterocycles. The van der Waals surface area contributed by atoms with E-state index < -0.39 is 0 Å². The molecular formula is C11H14BrN3. The molecule has 2 aromatic rings. The van der Waals surface area contributed by atoms with E-state index in [0.717, 1.165) is 34.2 Å². The maximum Gasteiger partial charge on any atom is 0.109 e. The first-order valence-electron chi connectivity index (χ1n) is 5.03. The summed E-state index contributed by atoms with van der Waals surface area (Å²) in [6, 6.07) is 6.14. The third kappa shape index (κ3) is 2.06. The maximum absolute atomic E-state index is 5.50. The van der Waals surface area contributed by atoms with Crippen LogP contribution in [-0.2, 0) is 13.5 Å². The lowest BCUT2D eigenvalue weighted by Gasteiger charge is -2.00. The zero-order valence-electron chi connectivity index (χ0n) is 8.70. The first-order chi connectivity index (χ1) is 7.22. The Morgan fingerprint density at radius 2 is 2.27 bits per heavy atom. The summed E-state index contributed by atoms with van der Waals surface area (Å²) < 4.78 is 3.22. The van der Waals surface area contributed by atoms with E-state index >= 15 is 0 Å². The lowest BCUT2D eigenvalue weighted by molar-refractivity contribution is 0.741. The first-order valence-corrected chi connectivity index (χ1v) is 5.82. The molecule has 0 aliphatic rings. The van der Waals surface area contributed by atoms with E-state index in [9.17, 15) is 0 Å². The molecule has 2 N–H and O–H groups in total. The molecule has 0 saturated carbocycles. The van der Waals surface area contributed by atoms with Gasteiger partial charge in [-0.3, -0.25) is 0 Å². The van der Waals surface area contributed by atoms with E-state index in [4.69, 9.17) is 5.73 Å². The van der Waals surface area contributed by atoms with Gasteiger partial charge in [-0.15, -0.1) is 0 Å². The Hall–Kier alpha value is -0.870. The van der Waals surface area contributed by atoms with E-state index in [1.54, 1.807) is 0 Å². The summed E-state index contributed by atoms with van der Waals surface area (Å²) >= 11 is 3.47. The molecule has 15 heavy (non-hydrogen) atoms. The van der Waals surface area contributed by atoms with Crippen LogP contribution in [0.1, 0.15) is 12.2 Å². The fraction of sp³-hybridized carbons (Fsp3) is 0.364. The minimum Gasteiger partial charge on any atom is -0.331 e. The van der Waals surface area contributed by atoms with Crippen LogP contribution in [0.3, 0.4) is 0 Å². The predicted molar refractivity (Wildman–Crippen MR) is 65.8 cm³/mol. The Balaban J connectivity index is 2.45. The highest BCUT2D eigenvalue weighted by Gasteiger charge is 2.06. The summed E-state index contributed by atoms with van der Waals surface area (Å²) in [5.74, 6) is 1.11. The van der Waals surface area contributed by atoms with Crippen molar-refractivity contribution in [2.45, 2.75) is 12.8 Å². The highest BCUT2D eigenvalue weighted by Crippen LogP contribution is 2.20. The molecule has 0 fully saturated rings. The van der Waals surface area contributed by atoms with Crippen LogP contribution >= 0.6 is 15.9 Å². The number of aromatic nitrogens is 2. The van der Waals surface area contributed by atoms with Gasteiger partial charge in [0.05, 0.1) is 11.0 Å². The second kappa shape index (κ2) is 4.33. The SMILES string of the molecule is Cn1c(CCCN)nc2ccc(Br)cc21. The molecular weight excluding hydrogens is 254 g/mol. The molecule has 2 rings (SSSR count). The molecule has 3 nitrogen and oxygen atoms in total. The van der Waals surface area contributed by atoms with Crippen LogP contribution in [0.4, 0.5) is 0 Å². The molecule has 0 radical (unpaired) electrons. The summed E-state index contributed by atoms with van der Waals surface area (Å²) in [6.07, 6.45) is 1.93. The third-order valence-electron chi connectivity index (χ3n) is 2.54. The lowest BCUT2D eigenvalue weighted by Crippen LogP contribution is -2.04. The van der Waals surface area contributed by atoms with Gasteiger partial charge in [-0.05, 0) is 31.2 Å². The number of hydrogen-bond acceptors (Lipinski definition) is 2. The summed E-state index contributed by atoms with van der Waals surface area (Å²) in [5, 5.41) is 0.